The lowest BCUT2D eigenvalue weighted by Crippen LogP contribution is -2.09. The molecule has 2 aromatic heterocycles. The maximum absolute atomic E-state index is 11.7. The minimum absolute atomic E-state index is 0.00160. The molecule has 1 atom stereocenters. The summed E-state index contributed by atoms with van der Waals surface area (Å²) in [6.45, 7) is 3.90. The molecule has 7 nitrogen and oxygen atoms in total. The van der Waals surface area contributed by atoms with E-state index in [9.17, 15) is 4.21 Å². The van der Waals surface area contributed by atoms with Crippen molar-refractivity contribution in [2.24, 2.45) is 12.2 Å². The number of nitrogens with zero attached hydrogens (tertiary/aromatic N) is 3. The predicted octanol–water partition coefficient (Wildman–Crippen LogP) is 4.21. The molecule has 0 aliphatic heterocycles. The lowest BCUT2D eigenvalue weighted by atomic mass is 10.1. The van der Waals surface area contributed by atoms with Crippen molar-refractivity contribution in [2.45, 2.75) is 24.8 Å². The van der Waals surface area contributed by atoms with Gasteiger partial charge in [0.1, 0.15) is 16.7 Å². The van der Waals surface area contributed by atoms with Gasteiger partial charge in [-0.05, 0) is 44.2 Å². The maximum Gasteiger partial charge on any atom is 0.187 e. The Labute approximate surface area is 175 Å². The lowest BCUT2D eigenvalue weighted by Gasteiger charge is -2.15. The normalized spacial score (nSPS) is 12.4. The molecule has 0 saturated carbocycles. The molecular weight excluding hydrogens is 406 g/mol. The van der Waals surface area contributed by atoms with Crippen LogP contribution < -0.4 is 15.2 Å². The zero-order valence-electron chi connectivity index (χ0n) is 16.2. The number of nitrogens with one attached hydrogen (secondary N) is 1. The molecular formula is C20H21N5O2S2. The van der Waals surface area contributed by atoms with Gasteiger partial charge in [0.15, 0.2) is 5.13 Å². The maximum atomic E-state index is 11.7. The number of hydrogen-bond donors (Lipinski definition) is 2. The van der Waals surface area contributed by atoms with Crippen molar-refractivity contribution in [1.29, 1.82) is 0 Å². The summed E-state index contributed by atoms with van der Waals surface area (Å²) >= 11 is 1.48. The molecule has 0 aliphatic rings. The van der Waals surface area contributed by atoms with Crippen LogP contribution in [-0.2, 0) is 18.0 Å². The largest absolute Gasteiger partial charge is 0.489 e. The molecule has 4 aromatic rings. The summed E-state index contributed by atoms with van der Waals surface area (Å²) < 4.78 is 19.5. The van der Waals surface area contributed by atoms with Gasteiger partial charge in [-0.15, -0.1) is 11.3 Å². The van der Waals surface area contributed by atoms with Crippen molar-refractivity contribution in [3.8, 4) is 17.0 Å². The van der Waals surface area contributed by atoms with Crippen LogP contribution in [-0.4, -0.2) is 24.8 Å². The van der Waals surface area contributed by atoms with Crippen LogP contribution in [0.4, 0.5) is 10.8 Å². The van der Waals surface area contributed by atoms with Crippen molar-refractivity contribution < 1.29 is 8.95 Å². The fourth-order valence-corrected chi connectivity index (χ4v) is 4.13. The second kappa shape index (κ2) is 7.94. The van der Waals surface area contributed by atoms with Gasteiger partial charge in [0.05, 0.1) is 39.7 Å². The molecule has 4 rings (SSSR count). The van der Waals surface area contributed by atoms with Crippen LogP contribution in [0.15, 0.2) is 53.0 Å². The van der Waals surface area contributed by atoms with Crippen molar-refractivity contribution in [3.63, 3.8) is 0 Å². The molecule has 0 spiro atoms. The molecule has 0 saturated heterocycles. The third-order valence-electron chi connectivity index (χ3n) is 4.31. The van der Waals surface area contributed by atoms with E-state index in [2.05, 4.69) is 10.3 Å². The highest BCUT2D eigenvalue weighted by Crippen LogP contribution is 2.33. The molecule has 0 radical (unpaired) electrons. The van der Waals surface area contributed by atoms with Gasteiger partial charge in [-0.2, -0.15) is 0 Å². The van der Waals surface area contributed by atoms with Crippen LogP contribution in [0.3, 0.4) is 0 Å². The number of ether oxygens (including phenoxy) is 1. The number of benzene rings is 2. The van der Waals surface area contributed by atoms with Gasteiger partial charge in [0.2, 0.25) is 0 Å². The standard InChI is InChI=1S/C20H21N5O2S2/c1-12(2)27-19-7-5-14(29(21)26)9-16(19)23-20-24-17(10-28-20)13-4-6-18-15(8-13)22-11-25(18)3/h4-12H,21H2,1-3H3,(H,23,24). The Morgan fingerprint density at radius 1 is 1.24 bits per heavy atom. The Kier molecular flexibility index (Phi) is 5.35. The molecule has 3 N–H and O–H groups in total. The topological polar surface area (TPSA) is 95.1 Å². The Hall–Kier alpha value is -2.75. The summed E-state index contributed by atoms with van der Waals surface area (Å²) in [5, 5.41) is 11.5. The smallest absolute Gasteiger partial charge is 0.187 e. The predicted molar refractivity (Wildman–Crippen MR) is 118 cm³/mol. The highest BCUT2D eigenvalue weighted by Gasteiger charge is 2.13. The molecule has 0 bridgehead atoms. The zero-order valence-corrected chi connectivity index (χ0v) is 17.9. The second-order valence-corrected chi connectivity index (χ2v) is 8.77. The van der Waals surface area contributed by atoms with E-state index in [1.165, 1.54) is 11.3 Å². The van der Waals surface area contributed by atoms with Gasteiger partial charge in [-0.3, -0.25) is 0 Å². The third-order valence-corrected chi connectivity index (χ3v) is 5.79. The number of fused-ring (bicyclic) bond motifs is 1. The Bertz CT molecular complexity index is 1200. The molecule has 9 heteroatoms. The first kappa shape index (κ1) is 19.6. The number of nitrogens with two attached hydrogens (primary N) is 1. The monoisotopic (exact) mass is 427 g/mol. The second-order valence-electron chi connectivity index (χ2n) is 6.84. The number of imidazole rings is 1. The fraction of sp³-hybridized carbons (Fsp3) is 0.200. The summed E-state index contributed by atoms with van der Waals surface area (Å²) in [4.78, 5) is 9.62. The van der Waals surface area contributed by atoms with Crippen LogP contribution in [0.5, 0.6) is 5.75 Å². The number of hydrogen-bond acceptors (Lipinski definition) is 6. The molecule has 0 fully saturated rings. The minimum atomic E-state index is -1.58. The molecule has 29 heavy (non-hydrogen) atoms. The number of thiazole rings is 1. The van der Waals surface area contributed by atoms with Crippen molar-refractivity contribution in [2.75, 3.05) is 5.32 Å². The fourth-order valence-electron chi connectivity index (χ4n) is 2.96. The zero-order chi connectivity index (χ0) is 20.5. The van der Waals surface area contributed by atoms with Crippen molar-refractivity contribution >= 4 is 44.2 Å². The van der Waals surface area contributed by atoms with Gasteiger partial charge in [-0.25, -0.2) is 19.3 Å². The molecule has 1 unspecified atom stereocenters. The van der Waals surface area contributed by atoms with E-state index in [0.29, 0.717) is 21.5 Å². The summed E-state index contributed by atoms with van der Waals surface area (Å²) in [6.07, 6.45) is 1.80. The van der Waals surface area contributed by atoms with E-state index in [-0.39, 0.29) is 6.10 Å². The van der Waals surface area contributed by atoms with Gasteiger partial charge < -0.3 is 14.6 Å². The average molecular weight is 428 g/mol. The highest BCUT2D eigenvalue weighted by atomic mass is 32.2. The number of rotatable bonds is 6. The van der Waals surface area contributed by atoms with Gasteiger partial charge in [0.25, 0.3) is 0 Å². The summed E-state index contributed by atoms with van der Waals surface area (Å²) in [7, 11) is 0.396. The van der Waals surface area contributed by atoms with Crippen molar-refractivity contribution in [3.05, 3.63) is 48.1 Å². The Morgan fingerprint density at radius 2 is 2.07 bits per heavy atom. The van der Waals surface area contributed by atoms with E-state index in [1.54, 1.807) is 24.5 Å². The van der Waals surface area contributed by atoms with E-state index in [0.717, 1.165) is 22.3 Å². The van der Waals surface area contributed by atoms with Gasteiger partial charge >= 0.3 is 0 Å². The van der Waals surface area contributed by atoms with Crippen LogP contribution in [0, 0.1) is 0 Å². The molecule has 2 heterocycles. The first-order valence-corrected chi connectivity index (χ1v) is 11.1. The van der Waals surface area contributed by atoms with Gasteiger partial charge in [0, 0.05) is 18.0 Å². The quantitative estimate of drug-likeness (QED) is 0.481. The number of anilines is 2. The number of aromatic nitrogens is 3. The average Bonchev–Trinajstić information content (AvgIpc) is 3.29. The summed E-state index contributed by atoms with van der Waals surface area (Å²) in [5.74, 6) is 0.654. The highest BCUT2D eigenvalue weighted by molar-refractivity contribution is 7.82. The van der Waals surface area contributed by atoms with Gasteiger partial charge in [-0.1, -0.05) is 6.07 Å². The minimum Gasteiger partial charge on any atom is -0.489 e. The first-order valence-electron chi connectivity index (χ1n) is 9.01. The summed E-state index contributed by atoms with van der Waals surface area (Å²) in [6, 6.07) is 11.3. The van der Waals surface area contributed by atoms with Crippen molar-refractivity contribution in [1.82, 2.24) is 14.5 Å². The van der Waals surface area contributed by atoms with Crippen LogP contribution >= 0.6 is 11.3 Å². The lowest BCUT2D eigenvalue weighted by molar-refractivity contribution is 0.243. The molecule has 0 aliphatic carbocycles. The van der Waals surface area contributed by atoms with Crippen LogP contribution in [0.2, 0.25) is 0 Å². The van der Waals surface area contributed by atoms with E-state index in [4.69, 9.17) is 14.9 Å². The Balaban J connectivity index is 1.64. The Morgan fingerprint density at radius 3 is 2.83 bits per heavy atom. The summed E-state index contributed by atoms with van der Waals surface area (Å²) in [5.41, 5.74) is 4.53. The molecule has 2 aromatic carbocycles. The van der Waals surface area contributed by atoms with Crippen LogP contribution in [0.25, 0.3) is 22.3 Å². The SMILES string of the molecule is CC(C)Oc1ccc(S(N)=O)cc1Nc1nc(-c2ccc3c(c2)ncn3C)cs1. The number of aryl methyl sites for hydroxylation is 1. The van der Waals surface area contributed by atoms with Crippen LogP contribution in [0.1, 0.15) is 13.8 Å². The molecule has 0 amide bonds. The third kappa shape index (κ3) is 4.16. The van der Waals surface area contributed by atoms with E-state index >= 15 is 0 Å². The first-order chi connectivity index (χ1) is 13.9. The van der Waals surface area contributed by atoms with E-state index in [1.807, 2.05) is 49.0 Å². The molecule has 150 valence electrons. The van der Waals surface area contributed by atoms with E-state index < -0.39 is 11.0 Å².